The average molecular weight is 326 g/mol. The second kappa shape index (κ2) is 7.39. The van der Waals surface area contributed by atoms with Crippen LogP contribution in [-0.4, -0.2) is 25.8 Å². The van der Waals surface area contributed by atoms with Crippen molar-refractivity contribution in [3.8, 4) is 11.5 Å². The third-order valence-electron chi connectivity index (χ3n) is 4.26. The van der Waals surface area contributed by atoms with E-state index in [1.54, 1.807) is 13.2 Å². The van der Waals surface area contributed by atoms with Crippen LogP contribution in [0.4, 0.5) is 0 Å². The van der Waals surface area contributed by atoms with Crippen molar-refractivity contribution in [3.63, 3.8) is 0 Å². The predicted octanol–water partition coefficient (Wildman–Crippen LogP) is 3.48. The average Bonchev–Trinajstić information content (AvgIpc) is 2.60. The van der Waals surface area contributed by atoms with E-state index in [2.05, 4.69) is 12.1 Å². The first-order valence-electron chi connectivity index (χ1n) is 8.19. The van der Waals surface area contributed by atoms with Crippen molar-refractivity contribution >= 4 is 5.97 Å². The van der Waals surface area contributed by atoms with Crippen LogP contribution < -0.4 is 9.47 Å². The lowest BCUT2D eigenvalue weighted by Crippen LogP contribution is -2.28. The Balaban J connectivity index is 1.54. The first-order chi connectivity index (χ1) is 11.7. The largest absolute Gasteiger partial charge is 0.493 e. The summed E-state index contributed by atoms with van der Waals surface area (Å²) in [4.78, 5) is 12.1. The van der Waals surface area contributed by atoms with Gasteiger partial charge in [-0.25, -0.2) is 4.79 Å². The highest BCUT2D eigenvalue weighted by atomic mass is 16.6. The Hall–Kier alpha value is -2.49. The summed E-state index contributed by atoms with van der Waals surface area (Å²) in [6.07, 6.45) is 2.50. The van der Waals surface area contributed by atoms with E-state index < -0.39 is 0 Å². The standard InChI is InChI=1S/C20H22O4/c1-14-7-10-18(19(11-14)22-2)23-13-20(21)24-17-9-8-15-5-3-4-6-16(15)12-17/h3-7,10-11,17H,8-9,12-13H2,1-2H3. The molecule has 4 nitrogen and oxygen atoms in total. The van der Waals surface area contributed by atoms with Gasteiger partial charge in [-0.15, -0.1) is 0 Å². The van der Waals surface area contributed by atoms with Gasteiger partial charge in [0.1, 0.15) is 6.10 Å². The zero-order valence-electron chi connectivity index (χ0n) is 14.1. The van der Waals surface area contributed by atoms with Crippen LogP contribution in [0.5, 0.6) is 11.5 Å². The zero-order valence-corrected chi connectivity index (χ0v) is 14.1. The lowest BCUT2D eigenvalue weighted by atomic mass is 9.90. The highest BCUT2D eigenvalue weighted by Crippen LogP contribution is 2.28. The first-order valence-corrected chi connectivity index (χ1v) is 8.19. The van der Waals surface area contributed by atoms with Gasteiger partial charge in [-0.2, -0.15) is 0 Å². The molecule has 0 amide bonds. The van der Waals surface area contributed by atoms with Crippen LogP contribution in [0.3, 0.4) is 0 Å². The molecule has 0 bridgehead atoms. The molecule has 1 aliphatic carbocycles. The third-order valence-corrected chi connectivity index (χ3v) is 4.26. The molecular weight excluding hydrogens is 304 g/mol. The summed E-state index contributed by atoms with van der Waals surface area (Å²) in [5.41, 5.74) is 3.69. The van der Waals surface area contributed by atoms with Gasteiger partial charge in [0.2, 0.25) is 0 Å². The van der Waals surface area contributed by atoms with Gasteiger partial charge < -0.3 is 14.2 Å². The fraction of sp³-hybridized carbons (Fsp3) is 0.350. The van der Waals surface area contributed by atoms with Gasteiger partial charge in [0, 0.05) is 6.42 Å². The van der Waals surface area contributed by atoms with Crippen molar-refractivity contribution < 1.29 is 19.0 Å². The minimum absolute atomic E-state index is 0.0732. The third kappa shape index (κ3) is 3.88. The number of hydrogen-bond donors (Lipinski definition) is 0. The Morgan fingerprint density at radius 1 is 1.12 bits per heavy atom. The van der Waals surface area contributed by atoms with Crippen LogP contribution in [0.15, 0.2) is 42.5 Å². The number of hydrogen-bond acceptors (Lipinski definition) is 4. The molecule has 0 fully saturated rings. The molecular formula is C20H22O4. The molecule has 0 saturated heterocycles. The number of methoxy groups -OCH3 is 1. The summed E-state index contributed by atoms with van der Waals surface area (Å²) in [6, 6.07) is 13.9. The minimum atomic E-state index is -0.345. The van der Waals surface area contributed by atoms with Crippen LogP contribution in [0, 0.1) is 6.92 Å². The molecule has 24 heavy (non-hydrogen) atoms. The Labute approximate surface area is 142 Å². The molecule has 0 aromatic heterocycles. The molecule has 2 aromatic rings. The van der Waals surface area contributed by atoms with Crippen LogP contribution in [-0.2, 0) is 22.4 Å². The first kappa shape index (κ1) is 16.4. The fourth-order valence-electron chi connectivity index (χ4n) is 3.02. The summed E-state index contributed by atoms with van der Waals surface area (Å²) in [5, 5.41) is 0. The minimum Gasteiger partial charge on any atom is -0.493 e. The highest BCUT2D eigenvalue weighted by Gasteiger charge is 2.22. The summed E-state index contributed by atoms with van der Waals surface area (Å²) in [5.74, 6) is 0.824. The zero-order chi connectivity index (χ0) is 16.9. The molecule has 0 N–H and O–H groups in total. The van der Waals surface area contributed by atoms with Gasteiger partial charge in [-0.3, -0.25) is 0 Å². The number of ether oxygens (including phenoxy) is 3. The van der Waals surface area contributed by atoms with E-state index in [4.69, 9.17) is 14.2 Å². The van der Waals surface area contributed by atoms with E-state index in [1.165, 1.54) is 11.1 Å². The molecule has 0 spiro atoms. The maximum Gasteiger partial charge on any atom is 0.344 e. The Bertz CT molecular complexity index is 723. The summed E-state index contributed by atoms with van der Waals surface area (Å²) < 4.78 is 16.4. The van der Waals surface area contributed by atoms with Crippen molar-refractivity contribution in [1.29, 1.82) is 0 Å². The summed E-state index contributed by atoms with van der Waals surface area (Å²) in [6.45, 7) is 1.86. The van der Waals surface area contributed by atoms with Crippen LogP contribution >= 0.6 is 0 Å². The van der Waals surface area contributed by atoms with Gasteiger partial charge in [-0.05, 0) is 48.6 Å². The molecule has 0 heterocycles. The van der Waals surface area contributed by atoms with Crippen LogP contribution in [0.1, 0.15) is 23.1 Å². The second-order valence-electron chi connectivity index (χ2n) is 6.07. The molecule has 0 saturated carbocycles. The van der Waals surface area contributed by atoms with Gasteiger partial charge >= 0.3 is 5.97 Å². The molecule has 2 aromatic carbocycles. The molecule has 1 atom stereocenters. The van der Waals surface area contributed by atoms with E-state index in [-0.39, 0.29) is 18.7 Å². The van der Waals surface area contributed by atoms with Gasteiger partial charge in [0.05, 0.1) is 7.11 Å². The topological polar surface area (TPSA) is 44.8 Å². The van der Waals surface area contributed by atoms with Crippen molar-refractivity contribution in [2.45, 2.75) is 32.3 Å². The second-order valence-corrected chi connectivity index (χ2v) is 6.07. The Morgan fingerprint density at radius 2 is 1.92 bits per heavy atom. The Morgan fingerprint density at radius 3 is 2.71 bits per heavy atom. The molecule has 3 rings (SSSR count). The normalized spacial score (nSPS) is 16.2. The highest BCUT2D eigenvalue weighted by molar-refractivity contribution is 5.71. The van der Waals surface area contributed by atoms with E-state index >= 15 is 0 Å². The lowest BCUT2D eigenvalue weighted by molar-refractivity contribution is -0.152. The van der Waals surface area contributed by atoms with E-state index in [1.807, 2.05) is 31.2 Å². The maximum absolute atomic E-state index is 12.1. The lowest BCUT2D eigenvalue weighted by Gasteiger charge is -2.24. The number of carbonyl (C=O) groups is 1. The smallest absolute Gasteiger partial charge is 0.344 e. The molecule has 1 unspecified atom stereocenters. The number of rotatable bonds is 5. The van der Waals surface area contributed by atoms with E-state index in [0.717, 1.165) is 24.8 Å². The van der Waals surface area contributed by atoms with Crippen molar-refractivity contribution in [3.05, 3.63) is 59.2 Å². The summed E-state index contributed by atoms with van der Waals surface area (Å²) in [7, 11) is 1.58. The molecule has 0 aliphatic heterocycles. The maximum atomic E-state index is 12.1. The Kier molecular flexibility index (Phi) is 5.04. The monoisotopic (exact) mass is 326 g/mol. The van der Waals surface area contributed by atoms with E-state index in [0.29, 0.717) is 11.5 Å². The van der Waals surface area contributed by atoms with Crippen molar-refractivity contribution in [2.75, 3.05) is 13.7 Å². The number of fused-ring (bicyclic) bond motifs is 1. The molecule has 4 heteroatoms. The predicted molar refractivity (Wildman–Crippen MR) is 91.6 cm³/mol. The van der Waals surface area contributed by atoms with Crippen LogP contribution in [0.25, 0.3) is 0 Å². The molecule has 126 valence electrons. The molecule has 1 aliphatic rings. The SMILES string of the molecule is COc1cc(C)ccc1OCC(=O)OC1CCc2ccccc2C1. The van der Waals surface area contributed by atoms with Gasteiger partial charge in [0.15, 0.2) is 18.1 Å². The fourth-order valence-corrected chi connectivity index (χ4v) is 3.02. The summed E-state index contributed by atoms with van der Waals surface area (Å²) >= 11 is 0. The number of esters is 1. The number of aryl methyl sites for hydroxylation is 2. The molecule has 0 radical (unpaired) electrons. The van der Waals surface area contributed by atoms with Gasteiger partial charge in [-0.1, -0.05) is 30.3 Å². The number of benzene rings is 2. The number of carbonyl (C=O) groups excluding carboxylic acids is 1. The van der Waals surface area contributed by atoms with Crippen molar-refractivity contribution in [2.24, 2.45) is 0 Å². The quantitative estimate of drug-likeness (QED) is 0.789. The van der Waals surface area contributed by atoms with Crippen LogP contribution in [0.2, 0.25) is 0 Å². The van der Waals surface area contributed by atoms with E-state index in [9.17, 15) is 4.79 Å². The van der Waals surface area contributed by atoms with Gasteiger partial charge in [0.25, 0.3) is 0 Å². The van der Waals surface area contributed by atoms with Crippen molar-refractivity contribution in [1.82, 2.24) is 0 Å².